The Morgan fingerprint density at radius 2 is 1.90 bits per heavy atom. The van der Waals surface area contributed by atoms with Gasteiger partial charge in [-0.05, 0) is 6.07 Å². The van der Waals surface area contributed by atoms with Crippen LogP contribution in [0.25, 0.3) is 10.1 Å². The summed E-state index contributed by atoms with van der Waals surface area (Å²) in [5, 5.41) is 10.3. The number of thiophene rings is 1. The lowest BCUT2D eigenvalue weighted by Gasteiger charge is -2.15. The van der Waals surface area contributed by atoms with Crippen molar-refractivity contribution in [3.8, 4) is 11.5 Å². The fourth-order valence-electron chi connectivity index (χ4n) is 2.04. The number of alkyl halides is 2. The molecule has 0 fully saturated rings. The van der Waals surface area contributed by atoms with Crippen molar-refractivity contribution in [3.63, 3.8) is 0 Å². The Kier molecular flexibility index (Phi) is 4.32. The Labute approximate surface area is 123 Å². The van der Waals surface area contributed by atoms with E-state index in [0.717, 1.165) is 11.3 Å². The molecule has 0 spiro atoms. The van der Waals surface area contributed by atoms with Gasteiger partial charge in [-0.25, -0.2) is 8.78 Å². The predicted molar refractivity (Wildman–Crippen MR) is 75.7 cm³/mol. The van der Waals surface area contributed by atoms with E-state index in [9.17, 15) is 13.6 Å². The first-order chi connectivity index (χ1) is 9.89. The van der Waals surface area contributed by atoms with Gasteiger partial charge in [0.05, 0.1) is 20.6 Å². The van der Waals surface area contributed by atoms with Crippen LogP contribution in [0.5, 0.6) is 11.5 Å². The molecule has 21 heavy (non-hydrogen) atoms. The van der Waals surface area contributed by atoms with Crippen LogP contribution in [0.3, 0.4) is 0 Å². The third-order valence-electron chi connectivity index (χ3n) is 3.13. The first-order valence-corrected chi connectivity index (χ1v) is 7.00. The standard InChI is InChI=1S/C14H14F2O4S/c1-19-10-5-8-9(14(15,16)4-3-13(17)18)7-21-12(8)6-11(10)20-2/h5-7H,3-4H2,1-2H3,(H,17,18). The van der Waals surface area contributed by atoms with Crippen molar-refractivity contribution in [3.05, 3.63) is 23.1 Å². The number of hydrogen-bond donors (Lipinski definition) is 1. The minimum atomic E-state index is -3.20. The van der Waals surface area contributed by atoms with Crippen molar-refractivity contribution in [2.75, 3.05) is 14.2 Å². The van der Waals surface area contributed by atoms with E-state index in [4.69, 9.17) is 14.6 Å². The second-order valence-corrected chi connectivity index (χ2v) is 5.36. The van der Waals surface area contributed by atoms with Crippen LogP contribution in [0.15, 0.2) is 17.5 Å². The van der Waals surface area contributed by atoms with Crippen LogP contribution in [0.1, 0.15) is 18.4 Å². The molecule has 1 aromatic carbocycles. The number of hydrogen-bond acceptors (Lipinski definition) is 4. The van der Waals surface area contributed by atoms with E-state index < -0.39 is 24.7 Å². The number of carbonyl (C=O) groups is 1. The molecule has 1 heterocycles. The Balaban J connectivity index is 2.47. The van der Waals surface area contributed by atoms with Crippen LogP contribution >= 0.6 is 11.3 Å². The molecule has 0 radical (unpaired) electrons. The van der Waals surface area contributed by atoms with Crippen molar-refractivity contribution >= 4 is 27.4 Å². The number of halogens is 2. The van der Waals surface area contributed by atoms with E-state index in [2.05, 4.69) is 0 Å². The summed E-state index contributed by atoms with van der Waals surface area (Å²) in [4.78, 5) is 10.5. The van der Waals surface area contributed by atoms with Gasteiger partial charge in [0.15, 0.2) is 11.5 Å². The number of aliphatic carboxylic acids is 1. The van der Waals surface area contributed by atoms with E-state index in [0.29, 0.717) is 21.6 Å². The molecule has 0 bridgehead atoms. The zero-order valence-corrected chi connectivity index (χ0v) is 12.3. The topological polar surface area (TPSA) is 55.8 Å². The minimum absolute atomic E-state index is 0.176. The second-order valence-electron chi connectivity index (χ2n) is 4.45. The molecular weight excluding hydrogens is 302 g/mol. The lowest BCUT2D eigenvalue weighted by atomic mass is 10.0. The third kappa shape index (κ3) is 3.07. The molecule has 0 saturated carbocycles. The molecule has 2 rings (SSSR count). The van der Waals surface area contributed by atoms with Gasteiger partial charge in [-0.3, -0.25) is 4.79 Å². The average molecular weight is 316 g/mol. The summed E-state index contributed by atoms with van der Waals surface area (Å²) in [7, 11) is 2.90. The second kappa shape index (κ2) is 5.85. The summed E-state index contributed by atoms with van der Waals surface area (Å²) in [6.07, 6.45) is -1.32. The highest BCUT2D eigenvalue weighted by Gasteiger charge is 2.35. The van der Waals surface area contributed by atoms with Crippen molar-refractivity contribution in [1.82, 2.24) is 0 Å². The number of fused-ring (bicyclic) bond motifs is 1. The Hall–Kier alpha value is -1.89. The molecule has 1 N–H and O–H groups in total. The number of benzene rings is 1. The van der Waals surface area contributed by atoms with Gasteiger partial charge in [0.1, 0.15) is 0 Å². The average Bonchev–Trinajstić information content (AvgIpc) is 2.87. The van der Waals surface area contributed by atoms with Crippen molar-refractivity contribution in [2.24, 2.45) is 0 Å². The summed E-state index contributed by atoms with van der Waals surface area (Å²) in [6, 6.07) is 3.13. The van der Waals surface area contributed by atoms with Gasteiger partial charge >= 0.3 is 5.97 Å². The predicted octanol–water partition coefficient (Wildman–Crippen LogP) is 3.88. The quantitative estimate of drug-likeness (QED) is 0.879. The normalized spacial score (nSPS) is 11.6. The SMILES string of the molecule is COc1cc2scc(C(F)(F)CCC(=O)O)c2cc1OC. The van der Waals surface area contributed by atoms with Crippen LogP contribution in [0.2, 0.25) is 0 Å². The molecule has 2 aromatic rings. The molecule has 4 nitrogen and oxygen atoms in total. The number of rotatable bonds is 6. The summed E-state index contributed by atoms with van der Waals surface area (Å²) >= 11 is 1.16. The Bertz CT molecular complexity index is 666. The van der Waals surface area contributed by atoms with Gasteiger partial charge in [0, 0.05) is 33.5 Å². The molecule has 0 atom stereocenters. The van der Waals surface area contributed by atoms with Crippen LogP contribution in [0.4, 0.5) is 8.78 Å². The van der Waals surface area contributed by atoms with Crippen molar-refractivity contribution < 1.29 is 28.2 Å². The lowest BCUT2D eigenvalue weighted by molar-refractivity contribution is -0.139. The summed E-state index contributed by atoms with van der Waals surface area (Å²) in [6.45, 7) is 0. The lowest BCUT2D eigenvalue weighted by Crippen LogP contribution is -2.14. The summed E-state index contributed by atoms with van der Waals surface area (Å²) in [5.74, 6) is -3.62. The molecular formula is C14H14F2O4S. The third-order valence-corrected chi connectivity index (χ3v) is 4.07. The maximum atomic E-state index is 14.2. The van der Waals surface area contributed by atoms with E-state index in [-0.39, 0.29) is 5.56 Å². The van der Waals surface area contributed by atoms with Gasteiger partial charge in [-0.15, -0.1) is 11.3 Å². The highest BCUT2D eigenvalue weighted by atomic mass is 32.1. The van der Waals surface area contributed by atoms with Gasteiger partial charge in [0.25, 0.3) is 5.92 Å². The monoisotopic (exact) mass is 316 g/mol. The molecule has 7 heteroatoms. The maximum Gasteiger partial charge on any atom is 0.303 e. The first-order valence-electron chi connectivity index (χ1n) is 6.12. The van der Waals surface area contributed by atoms with Crippen LogP contribution in [-0.2, 0) is 10.7 Å². The van der Waals surface area contributed by atoms with Crippen LogP contribution in [0, 0.1) is 0 Å². The van der Waals surface area contributed by atoms with Crippen molar-refractivity contribution in [2.45, 2.75) is 18.8 Å². The Morgan fingerprint density at radius 3 is 2.48 bits per heavy atom. The number of carboxylic acid groups (broad SMARTS) is 1. The molecule has 0 aliphatic rings. The summed E-state index contributed by atoms with van der Waals surface area (Å²) < 4.78 is 39.2. The maximum absolute atomic E-state index is 14.2. The van der Waals surface area contributed by atoms with Gasteiger partial charge < -0.3 is 14.6 Å². The van der Waals surface area contributed by atoms with Gasteiger partial charge in [-0.2, -0.15) is 0 Å². The van der Waals surface area contributed by atoms with Gasteiger partial charge in [-0.1, -0.05) is 0 Å². The molecule has 0 amide bonds. The number of methoxy groups -OCH3 is 2. The van der Waals surface area contributed by atoms with Crippen LogP contribution < -0.4 is 9.47 Å². The number of ether oxygens (including phenoxy) is 2. The highest BCUT2D eigenvalue weighted by molar-refractivity contribution is 7.17. The smallest absolute Gasteiger partial charge is 0.303 e. The molecule has 0 aliphatic carbocycles. The summed E-state index contributed by atoms with van der Waals surface area (Å²) in [5.41, 5.74) is -0.176. The minimum Gasteiger partial charge on any atom is -0.493 e. The zero-order chi connectivity index (χ0) is 15.6. The van der Waals surface area contributed by atoms with Gasteiger partial charge in [0.2, 0.25) is 0 Å². The van der Waals surface area contributed by atoms with E-state index in [1.165, 1.54) is 25.7 Å². The molecule has 114 valence electrons. The first kappa shape index (κ1) is 15.5. The van der Waals surface area contributed by atoms with E-state index in [1.807, 2.05) is 0 Å². The van der Waals surface area contributed by atoms with Crippen molar-refractivity contribution in [1.29, 1.82) is 0 Å². The number of carboxylic acids is 1. The fourth-order valence-corrected chi connectivity index (χ4v) is 3.05. The fraction of sp³-hybridized carbons (Fsp3) is 0.357. The molecule has 0 aliphatic heterocycles. The molecule has 0 saturated heterocycles. The zero-order valence-electron chi connectivity index (χ0n) is 11.5. The Morgan fingerprint density at radius 1 is 1.29 bits per heavy atom. The van der Waals surface area contributed by atoms with Crippen LogP contribution in [-0.4, -0.2) is 25.3 Å². The highest BCUT2D eigenvalue weighted by Crippen LogP contribution is 2.43. The largest absolute Gasteiger partial charge is 0.493 e. The van der Waals surface area contributed by atoms with E-state index in [1.54, 1.807) is 6.07 Å². The molecule has 0 unspecified atom stereocenters. The molecule has 1 aromatic heterocycles. The van der Waals surface area contributed by atoms with E-state index >= 15 is 0 Å².